The van der Waals surface area contributed by atoms with Gasteiger partial charge in [0.05, 0.1) is 24.9 Å². The van der Waals surface area contributed by atoms with Gasteiger partial charge in [0.25, 0.3) is 0 Å². The monoisotopic (exact) mass is 342 g/mol. The summed E-state index contributed by atoms with van der Waals surface area (Å²) in [5, 5.41) is 7.69. The Labute approximate surface area is 142 Å². The van der Waals surface area contributed by atoms with E-state index in [-0.39, 0.29) is 0 Å². The molecule has 0 saturated heterocycles. The summed E-state index contributed by atoms with van der Waals surface area (Å²) in [4.78, 5) is 0. The molecule has 22 heavy (non-hydrogen) atoms. The molecule has 122 valence electrons. The molecule has 0 amide bonds. The molecule has 1 aromatic rings. The van der Waals surface area contributed by atoms with Gasteiger partial charge in [0.15, 0.2) is 5.11 Å². The lowest BCUT2D eigenvalue weighted by molar-refractivity contribution is 0.309. The van der Waals surface area contributed by atoms with Gasteiger partial charge in [-0.15, -0.1) is 0 Å². The SMILES string of the molecule is COc1cc(OC)c(NC(=S)N[C@@H]2CCCC[C@H]2C)cc1Cl. The van der Waals surface area contributed by atoms with Gasteiger partial charge in [-0.2, -0.15) is 0 Å². The summed E-state index contributed by atoms with van der Waals surface area (Å²) in [6.45, 7) is 2.27. The summed E-state index contributed by atoms with van der Waals surface area (Å²) in [6.07, 6.45) is 4.96. The quantitative estimate of drug-likeness (QED) is 0.802. The number of hydrogen-bond acceptors (Lipinski definition) is 3. The molecular formula is C16H23ClN2O2S. The van der Waals surface area contributed by atoms with Crippen molar-refractivity contribution < 1.29 is 9.47 Å². The fourth-order valence-electron chi connectivity index (χ4n) is 2.82. The van der Waals surface area contributed by atoms with Crippen LogP contribution in [-0.2, 0) is 0 Å². The predicted molar refractivity (Wildman–Crippen MR) is 95.3 cm³/mol. The Morgan fingerprint density at radius 3 is 2.50 bits per heavy atom. The lowest BCUT2D eigenvalue weighted by Gasteiger charge is -2.30. The van der Waals surface area contributed by atoms with Crippen molar-refractivity contribution in [1.29, 1.82) is 0 Å². The number of halogens is 1. The maximum absolute atomic E-state index is 6.17. The number of ether oxygens (including phenoxy) is 2. The van der Waals surface area contributed by atoms with Gasteiger partial charge in [-0.3, -0.25) is 0 Å². The zero-order valence-electron chi connectivity index (χ0n) is 13.2. The largest absolute Gasteiger partial charge is 0.495 e. The van der Waals surface area contributed by atoms with Crippen LogP contribution in [0.2, 0.25) is 5.02 Å². The van der Waals surface area contributed by atoms with Gasteiger partial charge in [0.2, 0.25) is 0 Å². The minimum Gasteiger partial charge on any atom is -0.495 e. The molecule has 0 unspecified atom stereocenters. The van der Waals surface area contributed by atoms with Crippen LogP contribution in [0.4, 0.5) is 5.69 Å². The third-order valence-corrected chi connectivity index (χ3v) is 4.67. The lowest BCUT2D eigenvalue weighted by Crippen LogP contribution is -2.43. The van der Waals surface area contributed by atoms with Crippen molar-refractivity contribution in [3.05, 3.63) is 17.2 Å². The Bertz CT molecular complexity index is 539. The topological polar surface area (TPSA) is 42.5 Å². The number of hydrogen-bond donors (Lipinski definition) is 2. The number of thiocarbonyl (C=S) groups is 1. The van der Waals surface area contributed by atoms with Crippen LogP contribution in [0.3, 0.4) is 0 Å². The van der Waals surface area contributed by atoms with Gasteiger partial charge in [-0.1, -0.05) is 31.4 Å². The molecule has 1 fully saturated rings. The van der Waals surface area contributed by atoms with Crippen LogP contribution >= 0.6 is 23.8 Å². The van der Waals surface area contributed by atoms with Gasteiger partial charge >= 0.3 is 0 Å². The highest BCUT2D eigenvalue weighted by Gasteiger charge is 2.22. The van der Waals surface area contributed by atoms with Crippen LogP contribution in [0.15, 0.2) is 12.1 Å². The average molecular weight is 343 g/mol. The Kier molecular flexibility index (Phi) is 6.15. The molecule has 0 bridgehead atoms. The minimum atomic E-state index is 0.425. The van der Waals surface area contributed by atoms with Crippen molar-refractivity contribution >= 4 is 34.6 Å². The first kappa shape index (κ1) is 17.2. The molecule has 0 heterocycles. The van der Waals surface area contributed by atoms with E-state index in [1.165, 1.54) is 19.3 Å². The van der Waals surface area contributed by atoms with Crippen LogP contribution in [0.25, 0.3) is 0 Å². The van der Waals surface area contributed by atoms with E-state index >= 15 is 0 Å². The average Bonchev–Trinajstić information content (AvgIpc) is 2.50. The van der Waals surface area contributed by atoms with Crippen molar-refractivity contribution in [1.82, 2.24) is 5.32 Å². The first-order valence-corrected chi connectivity index (χ1v) is 8.32. The molecule has 4 nitrogen and oxygen atoms in total. The van der Waals surface area contributed by atoms with E-state index in [1.54, 1.807) is 26.4 Å². The van der Waals surface area contributed by atoms with Crippen LogP contribution < -0.4 is 20.1 Å². The zero-order chi connectivity index (χ0) is 16.1. The van der Waals surface area contributed by atoms with Gasteiger partial charge in [0, 0.05) is 12.1 Å². The fraction of sp³-hybridized carbons (Fsp3) is 0.562. The fourth-order valence-corrected chi connectivity index (χ4v) is 3.32. The smallest absolute Gasteiger partial charge is 0.171 e. The summed E-state index contributed by atoms with van der Waals surface area (Å²) in [5.74, 6) is 1.85. The second-order valence-corrected chi connectivity index (χ2v) is 6.47. The number of rotatable bonds is 4. The maximum atomic E-state index is 6.17. The number of anilines is 1. The zero-order valence-corrected chi connectivity index (χ0v) is 14.8. The van der Waals surface area contributed by atoms with Crippen molar-refractivity contribution in [2.75, 3.05) is 19.5 Å². The van der Waals surface area contributed by atoms with Crippen LogP contribution in [-0.4, -0.2) is 25.4 Å². The molecule has 2 rings (SSSR count). The maximum Gasteiger partial charge on any atom is 0.171 e. The molecule has 2 N–H and O–H groups in total. The standard InChI is InChI=1S/C16H23ClN2O2S/c1-10-6-4-5-7-12(10)18-16(22)19-13-8-11(17)14(20-2)9-15(13)21-3/h8-10,12H,4-7H2,1-3H3,(H2,18,19,22)/t10-,12-/m1/s1. The number of benzene rings is 1. The molecule has 1 saturated carbocycles. The first-order valence-electron chi connectivity index (χ1n) is 7.54. The van der Waals surface area contributed by atoms with E-state index in [1.807, 2.05) is 0 Å². The van der Waals surface area contributed by atoms with Crippen LogP contribution in [0.1, 0.15) is 32.6 Å². The van der Waals surface area contributed by atoms with Crippen molar-refractivity contribution in [2.45, 2.75) is 38.6 Å². The highest BCUT2D eigenvalue weighted by Crippen LogP contribution is 2.36. The van der Waals surface area contributed by atoms with Crippen molar-refractivity contribution in [3.8, 4) is 11.5 Å². The Morgan fingerprint density at radius 1 is 1.18 bits per heavy atom. The third kappa shape index (κ3) is 4.17. The van der Waals surface area contributed by atoms with Gasteiger partial charge < -0.3 is 20.1 Å². The molecule has 2 atom stereocenters. The summed E-state index contributed by atoms with van der Waals surface area (Å²) >= 11 is 11.6. The second kappa shape index (κ2) is 7.88. The highest BCUT2D eigenvalue weighted by atomic mass is 35.5. The van der Waals surface area contributed by atoms with E-state index in [9.17, 15) is 0 Å². The van der Waals surface area contributed by atoms with Crippen molar-refractivity contribution in [3.63, 3.8) is 0 Å². The lowest BCUT2D eigenvalue weighted by atomic mass is 9.86. The van der Waals surface area contributed by atoms with Crippen molar-refractivity contribution in [2.24, 2.45) is 5.92 Å². The molecule has 0 aliphatic heterocycles. The molecule has 0 aromatic heterocycles. The van der Waals surface area contributed by atoms with E-state index in [0.29, 0.717) is 33.6 Å². The summed E-state index contributed by atoms with van der Waals surface area (Å²) < 4.78 is 10.6. The van der Waals surface area contributed by atoms with E-state index in [4.69, 9.17) is 33.3 Å². The predicted octanol–water partition coefficient (Wildman–Crippen LogP) is 4.22. The summed E-state index contributed by atoms with van der Waals surface area (Å²) in [7, 11) is 3.18. The Morgan fingerprint density at radius 2 is 1.86 bits per heavy atom. The van der Waals surface area contributed by atoms with Gasteiger partial charge in [0.1, 0.15) is 11.5 Å². The highest BCUT2D eigenvalue weighted by molar-refractivity contribution is 7.80. The second-order valence-electron chi connectivity index (χ2n) is 5.65. The normalized spacial score (nSPS) is 21.1. The molecular weight excluding hydrogens is 320 g/mol. The molecule has 0 radical (unpaired) electrons. The van der Waals surface area contributed by atoms with Crippen LogP contribution in [0, 0.1) is 5.92 Å². The molecule has 1 aliphatic carbocycles. The summed E-state index contributed by atoms with van der Waals surface area (Å²) in [6, 6.07) is 3.93. The Hall–Kier alpha value is -1.20. The minimum absolute atomic E-state index is 0.425. The van der Waals surface area contributed by atoms with E-state index < -0.39 is 0 Å². The molecule has 1 aliphatic rings. The van der Waals surface area contributed by atoms with Gasteiger partial charge in [-0.05, 0) is 37.0 Å². The molecule has 6 heteroatoms. The first-order chi connectivity index (χ1) is 10.5. The molecule has 1 aromatic carbocycles. The number of methoxy groups -OCH3 is 2. The van der Waals surface area contributed by atoms with E-state index in [0.717, 1.165) is 12.1 Å². The third-order valence-electron chi connectivity index (χ3n) is 4.15. The molecule has 0 spiro atoms. The summed E-state index contributed by atoms with van der Waals surface area (Å²) in [5.41, 5.74) is 0.731. The number of nitrogens with one attached hydrogen (secondary N) is 2. The van der Waals surface area contributed by atoms with E-state index in [2.05, 4.69) is 17.6 Å². The van der Waals surface area contributed by atoms with Gasteiger partial charge in [-0.25, -0.2) is 0 Å². The Balaban J connectivity index is 2.06. The van der Waals surface area contributed by atoms with Crippen LogP contribution in [0.5, 0.6) is 11.5 Å².